The van der Waals surface area contributed by atoms with Crippen LogP contribution in [0.4, 0.5) is 0 Å². The molecule has 0 radical (unpaired) electrons. The van der Waals surface area contributed by atoms with Gasteiger partial charge in [0.25, 0.3) is 5.91 Å². The number of amides is 1. The third kappa shape index (κ3) is 5.42. The van der Waals surface area contributed by atoms with Gasteiger partial charge in [0.15, 0.2) is 0 Å². The van der Waals surface area contributed by atoms with E-state index in [9.17, 15) is 15.0 Å². The number of likely N-dealkylation sites (N-methyl/N-ethyl adjacent to an activating group) is 1. The lowest BCUT2D eigenvalue weighted by Gasteiger charge is -2.38. The number of hydrogen-bond donors (Lipinski definition) is 2. The van der Waals surface area contributed by atoms with Crippen molar-refractivity contribution in [1.82, 2.24) is 9.80 Å². The number of phenols is 1. The Morgan fingerprint density at radius 2 is 2.08 bits per heavy atom. The molecule has 0 saturated carbocycles. The molecule has 1 aromatic rings. The largest absolute Gasteiger partial charge is 0.508 e. The van der Waals surface area contributed by atoms with Crippen LogP contribution in [0.1, 0.15) is 22.3 Å². The van der Waals surface area contributed by atoms with Crippen molar-refractivity contribution in [2.45, 2.75) is 13.3 Å². The summed E-state index contributed by atoms with van der Waals surface area (Å²) < 4.78 is 5.11. The number of piperidine rings is 1. The Morgan fingerprint density at radius 3 is 2.72 bits per heavy atom. The minimum Gasteiger partial charge on any atom is -0.508 e. The Balaban J connectivity index is 2.05. The van der Waals surface area contributed by atoms with E-state index in [-0.39, 0.29) is 24.2 Å². The smallest absolute Gasteiger partial charge is 0.254 e. The molecule has 1 heterocycles. The first kappa shape index (κ1) is 19.7. The molecule has 6 nitrogen and oxygen atoms in total. The number of aliphatic hydroxyl groups is 1. The van der Waals surface area contributed by atoms with Crippen LogP contribution >= 0.6 is 0 Å². The van der Waals surface area contributed by atoms with Crippen molar-refractivity contribution in [2.24, 2.45) is 11.8 Å². The van der Waals surface area contributed by atoms with Gasteiger partial charge in [0, 0.05) is 45.5 Å². The van der Waals surface area contributed by atoms with Crippen LogP contribution in [0, 0.1) is 18.8 Å². The topological polar surface area (TPSA) is 73.2 Å². The monoisotopic (exact) mass is 350 g/mol. The highest BCUT2D eigenvalue weighted by molar-refractivity contribution is 5.94. The van der Waals surface area contributed by atoms with Gasteiger partial charge in [-0.25, -0.2) is 0 Å². The van der Waals surface area contributed by atoms with Crippen LogP contribution in [-0.2, 0) is 4.74 Å². The van der Waals surface area contributed by atoms with E-state index in [2.05, 4.69) is 4.90 Å². The van der Waals surface area contributed by atoms with E-state index in [1.165, 1.54) is 6.07 Å². The Bertz CT molecular complexity index is 579. The van der Waals surface area contributed by atoms with Gasteiger partial charge in [-0.15, -0.1) is 0 Å². The molecule has 1 saturated heterocycles. The van der Waals surface area contributed by atoms with Crippen molar-refractivity contribution in [3.8, 4) is 5.75 Å². The second kappa shape index (κ2) is 9.17. The summed E-state index contributed by atoms with van der Waals surface area (Å²) in [6.45, 7) is 5.50. The van der Waals surface area contributed by atoms with Crippen LogP contribution in [0.15, 0.2) is 18.2 Å². The fraction of sp³-hybridized carbons (Fsp3) is 0.632. The summed E-state index contributed by atoms with van der Waals surface area (Å²) in [6, 6.07) is 5.03. The molecule has 6 heteroatoms. The summed E-state index contributed by atoms with van der Waals surface area (Å²) in [4.78, 5) is 16.8. The maximum atomic E-state index is 12.8. The molecular weight excluding hydrogens is 320 g/mol. The van der Waals surface area contributed by atoms with Crippen LogP contribution in [0.2, 0.25) is 0 Å². The number of carbonyl (C=O) groups is 1. The van der Waals surface area contributed by atoms with Gasteiger partial charge in [-0.05, 0) is 49.9 Å². The lowest BCUT2D eigenvalue weighted by atomic mass is 9.88. The molecule has 2 atom stereocenters. The molecule has 140 valence electrons. The van der Waals surface area contributed by atoms with Gasteiger partial charge in [-0.2, -0.15) is 0 Å². The molecule has 1 amide bonds. The molecule has 2 rings (SSSR count). The standard InChI is InChI=1S/C19H30N2O4/c1-14-4-5-17(9-18(14)23)19(24)21-11-15(8-16(12-21)13-22)10-20(2)6-7-25-3/h4-5,9,15-16,22-23H,6-8,10-13H2,1-3H3/t15-,16+/m1/s1. The predicted molar refractivity (Wildman–Crippen MR) is 96.8 cm³/mol. The molecular formula is C19H30N2O4. The first-order valence-corrected chi connectivity index (χ1v) is 8.81. The summed E-state index contributed by atoms with van der Waals surface area (Å²) >= 11 is 0. The van der Waals surface area contributed by atoms with Gasteiger partial charge < -0.3 is 24.7 Å². The predicted octanol–water partition coefficient (Wildman–Crippen LogP) is 1.35. The van der Waals surface area contributed by atoms with E-state index in [1.54, 1.807) is 26.2 Å². The molecule has 1 fully saturated rings. The van der Waals surface area contributed by atoms with E-state index in [0.717, 1.165) is 25.1 Å². The molecule has 1 aliphatic rings. The first-order chi connectivity index (χ1) is 11.9. The van der Waals surface area contributed by atoms with Crippen molar-refractivity contribution in [3.63, 3.8) is 0 Å². The number of ether oxygens (including phenoxy) is 1. The van der Waals surface area contributed by atoms with Crippen LogP contribution in [-0.4, -0.2) is 79.5 Å². The quantitative estimate of drug-likeness (QED) is 0.777. The highest BCUT2D eigenvalue weighted by Gasteiger charge is 2.30. The van der Waals surface area contributed by atoms with Crippen molar-refractivity contribution in [1.29, 1.82) is 0 Å². The van der Waals surface area contributed by atoms with Crippen LogP contribution in [0.25, 0.3) is 0 Å². The molecule has 25 heavy (non-hydrogen) atoms. The second-order valence-corrected chi connectivity index (χ2v) is 7.12. The number of methoxy groups -OCH3 is 1. The third-order valence-electron chi connectivity index (χ3n) is 4.87. The van der Waals surface area contributed by atoms with Crippen LogP contribution in [0.5, 0.6) is 5.75 Å². The number of aromatic hydroxyl groups is 1. The van der Waals surface area contributed by atoms with Crippen molar-refractivity contribution in [2.75, 3.05) is 53.6 Å². The number of aryl methyl sites for hydroxylation is 1. The Labute approximate surface area is 150 Å². The van der Waals surface area contributed by atoms with E-state index in [1.807, 2.05) is 11.9 Å². The van der Waals surface area contributed by atoms with Crippen LogP contribution in [0.3, 0.4) is 0 Å². The van der Waals surface area contributed by atoms with Crippen molar-refractivity contribution in [3.05, 3.63) is 29.3 Å². The van der Waals surface area contributed by atoms with Crippen molar-refractivity contribution < 1.29 is 19.7 Å². The normalized spacial score (nSPS) is 20.9. The van der Waals surface area contributed by atoms with Gasteiger partial charge >= 0.3 is 0 Å². The number of benzene rings is 1. The van der Waals surface area contributed by atoms with E-state index in [4.69, 9.17) is 4.74 Å². The first-order valence-electron chi connectivity index (χ1n) is 8.81. The zero-order valence-electron chi connectivity index (χ0n) is 15.4. The highest BCUT2D eigenvalue weighted by Crippen LogP contribution is 2.25. The molecule has 1 aromatic carbocycles. The number of aliphatic hydroxyl groups excluding tert-OH is 1. The zero-order chi connectivity index (χ0) is 18.4. The van der Waals surface area contributed by atoms with Gasteiger partial charge in [0.05, 0.1) is 6.61 Å². The summed E-state index contributed by atoms with van der Waals surface area (Å²) in [6.07, 6.45) is 0.913. The molecule has 0 bridgehead atoms. The fourth-order valence-electron chi connectivity index (χ4n) is 3.45. The molecule has 0 aromatic heterocycles. The lowest BCUT2D eigenvalue weighted by Crippen LogP contribution is -2.47. The molecule has 2 N–H and O–H groups in total. The maximum Gasteiger partial charge on any atom is 0.254 e. The van der Waals surface area contributed by atoms with Gasteiger partial charge in [0.1, 0.15) is 5.75 Å². The number of rotatable bonds is 7. The number of likely N-dealkylation sites (tertiary alicyclic amines) is 1. The molecule has 0 aliphatic carbocycles. The van der Waals surface area contributed by atoms with E-state index >= 15 is 0 Å². The Morgan fingerprint density at radius 1 is 1.36 bits per heavy atom. The summed E-state index contributed by atoms with van der Waals surface area (Å²) in [5.41, 5.74) is 1.24. The summed E-state index contributed by atoms with van der Waals surface area (Å²) in [5, 5.41) is 19.5. The Hall–Kier alpha value is -1.63. The SMILES string of the molecule is COCCN(C)C[C@H]1C[C@H](CO)CN(C(=O)c2ccc(C)c(O)c2)C1. The second-order valence-electron chi connectivity index (χ2n) is 7.12. The highest BCUT2D eigenvalue weighted by atomic mass is 16.5. The summed E-state index contributed by atoms with van der Waals surface area (Å²) in [7, 11) is 3.74. The minimum absolute atomic E-state index is 0.0845. The average Bonchev–Trinajstić information content (AvgIpc) is 2.61. The number of phenolic OH excluding ortho intramolecular Hbond substituents is 1. The van der Waals surface area contributed by atoms with Crippen molar-refractivity contribution >= 4 is 5.91 Å². The van der Waals surface area contributed by atoms with Gasteiger partial charge in [-0.1, -0.05) is 6.07 Å². The number of nitrogens with zero attached hydrogens (tertiary/aromatic N) is 2. The van der Waals surface area contributed by atoms with Crippen LogP contribution < -0.4 is 0 Å². The molecule has 1 aliphatic heterocycles. The number of carbonyl (C=O) groups excluding carboxylic acids is 1. The number of hydrogen-bond acceptors (Lipinski definition) is 5. The zero-order valence-corrected chi connectivity index (χ0v) is 15.4. The third-order valence-corrected chi connectivity index (χ3v) is 4.87. The average molecular weight is 350 g/mol. The minimum atomic E-state index is -0.0852. The van der Waals surface area contributed by atoms with Gasteiger partial charge in [0.2, 0.25) is 0 Å². The molecule has 0 spiro atoms. The summed E-state index contributed by atoms with van der Waals surface area (Å²) in [5.74, 6) is 0.462. The van der Waals surface area contributed by atoms with Gasteiger partial charge in [-0.3, -0.25) is 4.79 Å². The lowest BCUT2D eigenvalue weighted by molar-refractivity contribution is 0.0450. The van der Waals surface area contributed by atoms with E-state index in [0.29, 0.717) is 31.2 Å². The maximum absolute atomic E-state index is 12.8. The molecule has 0 unspecified atom stereocenters. The Kier molecular flexibility index (Phi) is 7.23. The van der Waals surface area contributed by atoms with E-state index < -0.39 is 0 Å². The fourth-order valence-corrected chi connectivity index (χ4v) is 3.45.